The number of nitrogens with one attached hydrogen (secondary N) is 1. The number of pyridine rings is 1. The number of unbranched alkanes of at least 4 members (excludes halogenated alkanes) is 1. The van der Waals surface area contributed by atoms with Crippen molar-refractivity contribution >= 4 is 11.6 Å². The van der Waals surface area contributed by atoms with Crippen LogP contribution in [0.2, 0.25) is 0 Å². The van der Waals surface area contributed by atoms with Crippen LogP contribution in [0, 0.1) is 32.9 Å². The van der Waals surface area contributed by atoms with Gasteiger partial charge in [0.15, 0.2) is 5.69 Å². The van der Waals surface area contributed by atoms with Gasteiger partial charge in [-0.3, -0.25) is 4.79 Å². The van der Waals surface area contributed by atoms with Gasteiger partial charge in [0.1, 0.15) is 11.3 Å². The van der Waals surface area contributed by atoms with Gasteiger partial charge in [-0.05, 0) is 37.5 Å². The summed E-state index contributed by atoms with van der Waals surface area (Å²) in [7, 11) is 0. The van der Waals surface area contributed by atoms with Crippen molar-refractivity contribution in [2.24, 2.45) is 0 Å². The highest BCUT2D eigenvalue weighted by molar-refractivity contribution is 6.07. The fourth-order valence-electron chi connectivity index (χ4n) is 2.65. The van der Waals surface area contributed by atoms with Gasteiger partial charge in [0.2, 0.25) is 5.69 Å². The van der Waals surface area contributed by atoms with E-state index >= 15 is 0 Å². The average molecular weight is 342 g/mol. The van der Waals surface area contributed by atoms with Crippen molar-refractivity contribution in [1.82, 2.24) is 0 Å². The molecule has 1 amide bonds. The van der Waals surface area contributed by atoms with E-state index in [9.17, 15) is 10.0 Å². The van der Waals surface area contributed by atoms with Gasteiger partial charge in [-0.1, -0.05) is 25.5 Å². The molecule has 2 rings (SSSR count). The van der Waals surface area contributed by atoms with E-state index in [1.54, 1.807) is 19.9 Å². The Labute approximate surface area is 149 Å². The number of anilines is 1. The second kappa shape index (κ2) is 8.01. The molecule has 0 bridgehead atoms. The molecule has 25 heavy (non-hydrogen) atoms. The fourth-order valence-corrected chi connectivity index (χ4v) is 2.65. The number of carbonyl (C=O) groups is 1. The lowest BCUT2D eigenvalue weighted by Gasteiger charge is -2.16. The van der Waals surface area contributed by atoms with E-state index in [-0.39, 0.29) is 11.5 Å². The zero-order chi connectivity index (χ0) is 18.6. The summed E-state index contributed by atoms with van der Waals surface area (Å²) in [5.41, 5.74) is 3.97. The minimum absolute atomic E-state index is 0.289. The summed E-state index contributed by atoms with van der Waals surface area (Å²) in [4.78, 5) is 12.9. The third-order valence-electron chi connectivity index (χ3n) is 4.41. The van der Waals surface area contributed by atoms with Crippen LogP contribution in [0.3, 0.4) is 0 Å². The summed E-state index contributed by atoms with van der Waals surface area (Å²) in [5, 5.41) is 15.1. The standard InChI is InChI=1S/C20H26N2O3/c1-6-7-11-25-18-12-14(3)22(24)16(5)19(18)20(23)21-17-10-8-9-13(2)15(17)4/h8-10,12H,6-7,11H2,1-5H3,(H,21,23). The van der Waals surface area contributed by atoms with Crippen molar-refractivity contribution in [2.75, 3.05) is 11.9 Å². The normalized spacial score (nSPS) is 10.6. The highest BCUT2D eigenvalue weighted by Gasteiger charge is 2.24. The van der Waals surface area contributed by atoms with Gasteiger partial charge in [0.25, 0.3) is 5.91 Å². The lowest BCUT2D eigenvalue weighted by molar-refractivity contribution is -0.619. The predicted molar refractivity (Wildman–Crippen MR) is 99.1 cm³/mol. The quantitative estimate of drug-likeness (QED) is 0.490. The number of benzene rings is 1. The largest absolute Gasteiger partial charge is 0.618 e. The molecule has 0 atom stereocenters. The molecule has 0 radical (unpaired) electrons. The molecular formula is C20H26N2O3. The Bertz CT molecular complexity index is 785. The predicted octanol–water partition coefficient (Wildman–Crippen LogP) is 3.98. The SMILES string of the molecule is CCCCOc1cc(C)[n+]([O-])c(C)c1C(=O)Nc1cccc(C)c1C. The molecular weight excluding hydrogens is 316 g/mol. The van der Waals surface area contributed by atoms with Crippen LogP contribution >= 0.6 is 0 Å². The molecule has 0 saturated heterocycles. The molecule has 0 spiro atoms. The van der Waals surface area contributed by atoms with E-state index in [0.717, 1.165) is 34.4 Å². The Morgan fingerprint density at radius 3 is 2.64 bits per heavy atom. The van der Waals surface area contributed by atoms with Crippen LogP contribution < -0.4 is 14.8 Å². The fraction of sp³-hybridized carbons (Fsp3) is 0.400. The van der Waals surface area contributed by atoms with Gasteiger partial charge in [-0.25, -0.2) is 0 Å². The Balaban J connectivity index is 2.40. The summed E-state index contributed by atoms with van der Waals surface area (Å²) in [5.74, 6) is 0.126. The maximum absolute atomic E-state index is 12.9. The highest BCUT2D eigenvalue weighted by atomic mass is 16.5. The number of aryl methyl sites for hydroxylation is 2. The molecule has 0 saturated carbocycles. The first-order valence-electron chi connectivity index (χ1n) is 8.61. The van der Waals surface area contributed by atoms with Crippen molar-refractivity contribution in [3.8, 4) is 5.75 Å². The monoisotopic (exact) mass is 342 g/mol. The lowest BCUT2D eigenvalue weighted by atomic mass is 10.1. The zero-order valence-corrected chi connectivity index (χ0v) is 15.6. The lowest BCUT2D eigenvalue weighted by Crippen LogP contribution is -2.37. The molecule has 0 aliphatic heterocycles. The van der Waals surface area contributed by atoms with Gasteiger partial charge in [-0.15, -0.1) is 0 Å². The summed E-state index contributed by atoms with van der Waals surface area (Å²) >= 11 is 0. The van der Waals surface area contributed by atoms with Crippen LogP contribution in [0.4, 0.5) is 5.69 Å². The van der Waals surface area contributed by atoms with E-state index < -0.39 is 0 Å². The number of hydrogen-bond acceptors (Lipinski definition) is 3. The first-order valence-corrected chi connectivity index (χ1v) is 8.61. The molecule has 2 aromatic rings. The van der Waals surface area contributed by atoms with E-state index in [2.05, 4.69) is 12.2 Å². The Kier molecular flexibility index (Phi) is 6.02. The topological polar surface area (TPSA) is 65.3 Å². The van der Waals surface area contributed by atoms with Crippen molar-refractivity contribution in [3.63, 3.8) is 0 Å². The summed E-state index contributed by atoms with van der Waals surface area (Å²) in [6.45, 7) is 9.89. The van der Waals surface area contributed by atoms with Gasteiger partial charge in [0, 0.05) is 25.6 Å². The van der Waals surface area contributed by atoms with Gasteiger partial charge in [-0.2, -0.15) is 4.73 Å². The Morgan fingerprint density at radius 1 is 1.24 bits per heavy atom. The van der Waals surface area contributed by atoms with E-state index in [1.165, 1.54) is 0 Å². The molecule has 0 aliphatic rings. The number of amides is 1. The summed E-state index contributed by atoms with van der Waals surface area (Å²) < 4.78 is 6.56. The summed E-state index contributed by atoms with van der Waals surface area (Å²) in [6.07, 6.45) is 1.89. The van der Waals surface area contributed by atoms with Crippen LogP contribution in [0.15, 0.2) is 24.3 Å². The second-order valence-corrected chi connectivity index (χ2v) is 6.31. The van der Waals surface area contributed by atoms with Crippen molar-refractivity contribution in [3.05, 3.63) is 57.6 Å². The molecule has 1 aromatic carbocycles. The number of carbonyl (C=O) groups excluding carboxylic acids is 1. The van der Waals surface area contributed by atoms with Crippen LogP contribution in [-0.2, 0) is 0 Å². The number of hydrogen-bond donors (Lipinski definition) is 1. The maximum atomic E-state index is 12.9. The molecule has 0 aliphatic carbocycles. The van der Waals surface area contributed by atoms with E-state index in [1.807, 2.05) is 32.0 Å². The highest BCUT2D eigenvalue weighted by Crippen LogP contribution is 2.25. The number of rotatable bonds is 6. The molecule has 1 N–H and O–H groups in total. The number of ether oxygens (including phenoxy) is 1. The molecule has 5 nitrogen and oxygen atoms in total. The minimum atomic E-state index is -0.331. The summed E-state index contributed by atoms with van der Waals surface area (Å²) in [6, 6.07) is 7.37. The first-order chi connectivity index (χ1) is 11.9. The van der Waals surface area contributed by atoms with Gasteiger partial charge < -0.3 is 15.3 Å². The van der Waals surface area contributed by atoms with Crippen molar-refractivity contribution in [1.29, 1.82) is 0 Å². The van der Waals surface area contributed by atoms with Crippen molar-refractivity contribution < 1.29 is 14.3 Å². The molecule has 0 unspecified atom stereocenters. The third kappa shape index (κ3) is 4.10. The minimum Gasteiger partial charge on any atom is -0.618 e. The number of aromatic nitrogens is 1. The zero-order valence-electron chi connectivity index (χ0n) is 15.6. The molecule has 0 fully saturated rings. The Morgan fingerprint density at radius 2 is 1.96 bits per heavy atom. The van der Waals surface area contributed by atoms with Crippen LogP contribution in [0.25, 0.3) is 0 Å². The average Bonchev–Trinajstić information content (AvgIpc) is 2.57. The molecule has 5 heteroatoms. The smallest absolute Gasteiger partial charge is 0.265 e. The van der Waals surface area contributed by atoms with Gasteiger partial charge >= 0.3 is 0 Å². The van der Waals surface area contributed by atoms with E-state index in [4.69, 9.17) is 4.74 Å². The van der Waals surface area contributed by atoms with Crippen molar-refractivity contribution in [2.45, 2.75) is 47.5 Å². The number of nitrogens with zero attached hydrogens (tertiary/aromatic N) is 1. The van der Waals surface area contributed by atoms with Gasteiger partial charge in [0.05, 0.1) is 6.61 Å². The van der Waals surface area contributed by atoms with E-state index in [0.29, 0.717) is 23.7 Å². The van der Waals surface area contributed by atoms with Crippen LogP contribution in [0.5, 0.6) is 5.75 Å². The molecule has 1 heterocycles. The molecule has 1 aromatic heterocycles. The maximum Gasteiger partial charge on any atom is 0.265 e. The molecule has 134 valence electrons. The van der Waals surface area contributed by atoms with Crippen LogP contribution in [0.1, 0.15) is 52.6 Å². The third-order valence-corrected chi connectivity index (χ3v) is 4.41. The Hall–Kier alpha value is -2.56. The van der Waals surface area contributed by atoms with Crippen LogP contribution in [-0.4, -0.2) is 12.5 Å². The first kappa shape index (κ1) is 18.8. The second-order valence-electron chi connectivity index (χ2n) is 6.31.